The van der Waals surface area contributed by atoms with Gasteiger partial charge < -0.3 is 0 Å². The van der Waals surface area contributed by atoms with Gasteiger partial charge in [0.1, 0.15) is 4.83 Å². The van der Waals surface area contributed by atoms with Crippen molar-refractivity contribution in [2.45, 2.75) is 63.3 Å². The molecule has 0 bridgehead atoms. The van der Waals surface area contributed by atoms with E-state index in [0.717, 1.165) is 33.9 Å². The molecule has 0 atom stereocenters. The van der Waals surface area contributed by atoms with Crippen LogP contribution in [-0.2, 0) is 12.8 Å². The van der Waals surface area contributed by atoms with Crippen molar-refractivity contribution in [1.82, 2.24) is 9.55 Å². The van der Waals surface area contributed by atoms with Crippen LogP contribution < -0.4 is 5.56 Å². The van der Waals surface area contributed by atoms with E-state index in [0.29, 0.717) is 5.25 Å². The summed E-state index contributed by atoms with van der Waals surface area (Å²) in [5.41, 5.74) is 3.47. The lowest BCUT2D eigenvalue weighted by molar-refractivity contribution is 0.713. The van der Waals surface area contributed by atoms with Crippen molar-refractivity contribution >= 4 is 33.3 Å². The van der Waals surface area contributed by atoms with Crippen molar-refractivity contribution in [3.8, 4) is 5.69 Å². The number of thioether (sulfide) groups is 1. The van der Waals surface area contributed by atoms with Gasteiger partial charge in [-0.1, -0.05) is 49.7 Å². The highest BCUT2D eigenvalue weighted by Gasteiger charge is 2.22. The van der Waals surface area contributed by atoms with E-state index in [1.165, 1.54) is 35.3 Å². The Hall–Kier alpha value is -1.59. The fraction of sp³-hybridized carbons (Fsp3) is 0.429. The van der Waals surface area contributed by atoms with E-state index in [1.54, 1.807) is 23.1 Å². The predicted octanol–water partition coefficient (Wildman–Crippen LogP) is 5.53. The van der Waals surface area contributed by atoms with E-state index >= 15 is 0 Å². The standard InChI is InChI=1S/C21H24N2OS2/c1-13(2)25-21-22-19-18(16-7-5-4-6-8-17(16)26-19)20(24)23(21)15-11-9-14(3)10-12-15/h9-13H,4-8H2,1-3H3. The molecule has 1 aromatic carbocycles. The molecule has 0 saturated heterocycles. The average molecular weight is 385 g/mol. The summed E-state index contributed by atoms with van der Waals surface area (Å²) in [7, 11) is 0. The molecular weight excluding hydrogens is 360 g/mol. The molecule has 4 rings (SSSR count). The Kier molecular flexibility index (Phi) is 4.93. The quantitative estimate of drug-likeness (QED) is 0.338. The van der Waals surface area contributed by atoms with Gasteiger partial charge in [0.25, 0.3) is 5.56 Å². The van der Waals surface area contributed by atoms with E-state index in [4.69, 9.17) is 4.98 Å². The second-order valence-corrected chi connectivity index (χ2v) is 9.91. The molecule has 0 spiro atoms. The minimum absolute atomic E-state index is 0.0985. The number of aryl methyl sites for hydroxylation is 3. The first-order valence-corrected chi connectivity index (χ1v) is 11.0. The molecule has 26 heavy (non-hydrogen) atoms. The van der Waals surface area contributed by atoms with Gasteiger partial charge in [-0.25, -0.2) is 4.98 Å². The maximum absolute atomic E-state index is 13.6. The lowest BCUT2D eigenvalue weighted by Crippen LogP contribution is -2.22. The average Bonchev–Trinajstić information content (AvgIpc) is 2.78. The lowest BCUT2D eigenvalue weighted by Gasteiger charge is -2.14. The van der Waals surface area contributed by atoms with Gasteiger partial charge >= 0.3 is 0 Å². The van der Waals surface area contributed by atoms with Crippen molar-refractivity contribution < 1.29 is 0 Å². The third-order valence-corrected chi connectivity index (χ3v) is 6.98. The monoisotopic (exact) mass is 384 g/mol. The molecule has 136 valence electrons. The third kappa shape index (κ3) is 3.23. The summed E-state index contributed by atoms with van der Waals surface area (Å²) in [5.74, 6) is 0. The van der Waals surface area contributed by atoms with Crippen LogP contribution in [0.3, 0.4) is 0 Å². The fourth-order valence-electron chi connectivity index (χ4n) is 3.57. The van der Waals surface area contributed by atoms with Crippen molar-refractivity contribution in [2.75, 3.05) is 0 Å². The Morgan fingerprint density at radius 3 is 2.58 bits per heavy atom. The molecule has 0 unspecified atom stereocenters. The highest BCUT2D eigenvalue weighted by atomic mass is 32.2. The second-order valence-electron chi connectivity index (χ2n) is 7.28. The minimum atomic E-state index is 0.0985. The summed E-state index contributed by atoms with van der Waals surface area (Å²) in [6.07, 6.45) is 5.75. The maximum Gasteiger partial charge on any atom is 0.267 e. The van der Waals surface area contributed by atoms with Gasteiger partial charge in [-0.05, 0) is 50.3 Å². The van der Waals surface area contributed by atoms with Crippen LogP contribution in [0.25, 0.3) is 15.9 Å². The van der Waals surface area contributed by atoms with Crippen LogP contribution in [0.2, 0.25) is 0 Å². The molecule has 1 aliphatic carbocycles. The summed E-state index contributed by atoms with van der Waals surface area (Å²) in [6.45, 7) is 6.35. The molecule has 0 saturated carbocycles. The molecule has 1 aliphatic rings. The van der Waals surface area contributed by atoms with E-state index in [9.17, 15) is 4.79 Å². The summed E-state index contributed by atoms with van der Waals surface area (Å²) < 4.78 is 1.82. The number of hydrogen-bond donors (Lipinski definition) is 0. The first kappa shape index (κ1) is 17.8. The second kappa shape index (κ2) is 7.20. The number of hydrogen-bond acceptors (Lipinski definition) is 4. The normalized spacial score (nSPS) is 14.6. The highest BCUT2D eigenvalue weighted by molar-refractivity contribution is 7.99. The third-order valence-electron chi connectivity index (χ3n) is 4.84. The number of fused-ring (bicyclic) bond motifs is 3. The van der Waals surface area contributed by atoms with Crippen molar-refractivity contribution in [2.24, 2.45) is 0 Å². The smallest absolute Gasteiger partial charge is 0.267 e. The molecule has 3 aromatic rings. The first-order valence-electron chi connectivity index (χ1n) is 9.35. The zero-order chi connectivity index (χ0) is 18.3. The number of thiophene rings is 1. The van der Waals surface area contributed by atoms with Gasteiger partial charge in [0, 0.05) is 10.1 Å². The molecule has 0 aliphatic heterocycles. The van der Waals surface area contributed by atoms with Gasteiger partial charge in [0.2, 0.25) is 0 Å². The van der Waals surface area contributed by atoms with Gasteiger partial charge in [0.15, 0.2) is 5.16 Å². The fourth-order valence-corrected chi connectivity index (χ4v) is 5.74. The topological polar surface area (TPSA) is 34.9 Å². The van der Waals surface area contributed by atoms with Crippen LogP contribution in [0.15, 0.2) is 34.2 Å². The Labute approximate surface area is 162 Å². The van der Waals surface area contributed by atoms with Gasteiger partial charge in [-0.15, -0.1) is 11.3 Å². The molecule has 0 radical (unpaired) electrons. The van der Waals surface area contributed by atoms with Crippen molar-refractivity contribution in [3.05, 3.63) is 50.6 Å². The van der Waals surface area contributed by atoms with Gasteiger partial charge in [0.05, 0.1) is 11.1 Å². The number of rotatable bonds is 3. The van der Waals surface area contributed by atoms with E-state index in [-0.39, 0.29) is 5.56 Å². The van der Waals surface area contributed by atoms with E-state index in [1.807, 2.05) is 16.7 Å². The SMILES string of the molecule is Cc1ccc(-n2c(SC(C)C)nc3sc4c(c3c2=O)CCCCC4)cc1. The summed E-state index contributed by atoms with van der Waals surface area (Å²) in [4.78, 5) is 20.8. The number of benzene rings is 1. The van der Waals surface area contributed by atoms with Gasteiger partial charge in [-0.3, -0.25) is 9.36 Å². The van der Waals surface area contributed by atoms with E-state index < -0.39 is 0 Å². The van der Waals surface area contributed by atoms with Crippen LogP contribution in [0.4, 0.5) is 0 Å². The zero-order valence-electron chi connectivity index (χ0n) is 15.5. The molecule has 3 nitrogen and oxygen atoms in total. The molecular formula is C21H24N2OS2. The number of nitrogens with zero attached hydrogens (tertiary/aromatic N) is 2. The van der Waals surface area contributed by atoms with E-state index in [2.05, 4.69) is 32.9 Å². The molecule has 0 N–H and O–H groups in total. The predicted molar refractivity (Wildman–Crippen MR) is 112 cm³/mol. The van der Waals surface area contributed by atoms with Crippen molar-refractivity contribution in [1.29, 1.82) is 0 Å². The van der Waals surface area contributed by atoms with Crippen LogP contribution >= 0.6 is 23.1 Å². The minimum Gasteiger partial charge on any atom is -0.268 e. The molecule has 2 aromatic heterocycles. The Bertz CT molecular complexity index is 1000. The summed E-state index contributed by atoms with van der Waals surface area (Å²) >= 11 is 3.40. The van der Waals surface area contributed by atoms with Crippen LogP contribution in [0.5, 0.6) is 0 Å². The first-order chi connectivity index (χ1) is 12.5. The van der Waals surface area contributed by atoms with Crippen molar-refractivity contribution in [3.63, 3.8) is 0 Å². The number of aromatic nitrogens is 2. The van der Waals surface area contributed by atoms with Gasteiger partial charge in [-0.2, -0.15) is 0 Å². The molecule has 5 heteroatoms. The summed E-state index contributed by atoms with van der Waals surface area (Å²) in [6, 6.07) is 8.17. The Morgan fingerprint density at radius 2 is 1.85 bits per heavy atom. The molecule has 2 heterocycles. The van der Waals surface area contributed by atoms with Crippen LogP contribution in [0.1, 0.15) is 49.1 Å². The highest BCUT2D eigenvalue weighted by Crippen LogP contribution is 2.35. The lowest BCUT2D eigenvalue weighted by atomic mass is 10.1. The Balaban J connectivity index is 2.00. The molecule has 0 amide bonds. The van der Waals surface area contributed by atoms with Crippen LogP contribution in [-0.4, -0.2) is 14.8 Å². The zero-order valence-corrected chi connectivity index (χ0v) is 17.2. The largest absolute Gasteiger partial charge is 0.268 e. The molecule has 0 fully saturated rings. The maximum atomic E-state index is 13.6. The summed E-state index contributed by atoms with van der Waals surface area (Å²) in [5, 5.41) is 2.03. The Morgan fingerprint density at radius 1 is 1.12 bits per heavy atom. The van der Waals surface area contributed by atoms with Crippen LogP contribution in [0, 0.1) is 6.92 Å².